The first-order valence-electron chi connectivity index (χ1n) is 7.50. The van der Waals surface area contributed by atoms with Crippen LogP contribution in [0.3, 0.4) is 0 Å². The summed E-state index contributed by atoms with van der Waals surface area (Å²) in [6.45, 7) is 1.91. The number of carbonyl (C=O) groups excluding carboxylic acids is 1. The number of ketones is 1. The van der Waals surface area contributed by atoms with Crippen LogP contribution in [0.2, 0.25) is 0 Å². The second kappa shape index (κ2) is 6.76. The number of para-hydroxylation sites is 1. The van der Waals surface area contributed by atoms with E-state index in [4.69, 9.17) is 0 Å². The predicted octanol–water partition coefficient (Wildman–Crippen LogP) is 3.97. The maximum Gasteiger partial charge on any atom is 0.203 e. The van der Waals surface area contributed by atoms with Gasteiger partial charge in [-0.05, 0) is 31.2 Å². The monoisotopic (exact) mass is 313 g/mol. The van der Waals surface area contributed by atoms with E-state index in [1.165, 1.54) is 0 Å². The summed E-state index contributed by atoms with van der Waals surface area (Å²) in [6, 6.07) is 18.9. The molecule has 0 aliphatic rings. The van der Waals surface area contributed by atoms with Gasteiger partial charge in [-0.1, -0.05) is 42.0 Å². The summed E-state index contributed by atoms with van der Waals surface area (Å²) in [5, 5.41) is 13.6. The highest BCUT2D eigenvalue weighted by atomic mass is 16.1. The van der Waals surface area contributed by atoms with Crippen LogP contribution >= 0.6 is 0 Å². The quantitative estimate of drug-likeness (QED) is 0.416. The van der Waals surface area contributed by atoms with Gasteiger partial charge in [0.15, 0.2) is 0 Å². The van der Waals surface area contributed by atoms with Gasteiger partial charge in [-0.2, -0.15) is 10.4 Å². The van der Waals surface area contributed by atoms with Gasteiger partial charge in [-0.15, -0.1) is 0 Å². The predicted molar refractivity (Wildman–Crippen MR) is 92.7 cm³/mol. The molecule has 116 valence electrons. The second-order valence-electron chi connectivity index (χ2n) is 5.42. The third-order valence-corrected chi connectivity index (χ3v) is 3.58. The van der Waals surface area contributed by atoms with Crippen LogP contribution in [0.15, 0.2) is 72.6 Å². The standard InChI is InChI=1S/C20H15N3O/c1-15-6-5-7-17(10-15)20(24)18(12-21)11-16-13-22-23(14-16)19-8-3-2-4-9-19/h2-11,13-14H,1H3/b18-11+. The number of nitrogens with zero attached hydrogens (tertiary/aromatic N) is 3. The molecule has 0 aliphatic carbocycles. The Morgan fingerprint density at radius 2 is 1.96 bits per heavy atom. The third kappa shape index (κ3) is 3.31. The number of hydrogen-bond acceptors (Lipinski definition) is 3. The zero-order valence-electron chi connectivity index (χ0n) is 13.2. The molecule has 0 amide bonds. The smallest absolute Gasteiger partial charge is 0.203 e. The van der Waals surface area contributed by atoms with E-state index in [1.807, 2.05) is 55.5 Å². The van der Waals surface area contributed by atoms with Crippen molar-refractivity contribution in [2.75, 3.05) is 0 Å². The Kier molecular flexibility index (Phi) is 4.35. The SMILES string of the molecule is Cc1cccc(C(=O)/C(C#N)=C/c2cnn(-c3ccccc3)c2)c1. The zero-order chi connectivity index (χ0) is 16.9. The largest absolute Gasteiger partial charge is 0.288 e. The minimum Gasteiger partial charge on any atom is -0.288 e. The number of Topliss-reactive ketones (excluding diaryl/α,β-unsaturated/α-hetero) is 1. The molecule has 0 spiro atoms. The van der Waals surface area contributed by atoms with Crippen LogP contribution < -0.4 is 0 Å². The van der Waals surface area contributed by atoms with Gasteiger partial charge in [0.25, 0.3) is 0 Å². The summed E-state index contributed by atoms with van der Waals surface area (Å²) >= 11 is 0. The van der Waals surface area contributed by atoms with E-state index < -0.39 is 0 Å². The number of allylic oxidation sites excluding steroid dienone is 1. The van der Waals surface area contributed by atoms with Crippen LogP contribution in [0.1, 0.15) is 21.5 Å². The van der Waals surface area contributed by atoms with E-state index in [1.54, 1.807) is 35.3 Å². The van der Waals surface area contributed by atoms with Crippen molar-refractivity contribution in [3.05, 3.63) is 89.3 Å². The summed E-state index contributed by atoms with van der Waals surface area (Å²) in [5.74, 6) is -0.284. The average Bonchev–Trinajstić information content (AvgIpc) is 3.08. The van der Waals surface area contributed by atoms with Crippen LogP contribution in [0, 0.1) is 18.3 Å². The van der Waals surface area contributed by atoms with Gasteiger partial charge in [-0.25, -0.2) is 4.68 Å². The lowest BCUT2D eigenvalue weighted by molar-refractivity contribution is 0.104. The van der Waals surface area contributed by atoms with Crippen molar-refractivity contribution in [2.24, 2.45) is 0 Å². The number of carbonyl (C=O) groups is 1. The van der Waals surface area contributed by atoms with Crippen LogP contribution in [0.25, 0.3) is 11.8 Å². The molecule has 2 aromatic carbocycles. The molecule has 3 rings (SSSR count). The van der Waals surface area contributed by atoms with Gasteiger partial charge in [-0.3, -0.25) is 4.79 Å². The van der Waals surface area contributed by atoms with Crippen LogP contribution in [-0.4, -0.2) is 15.6 Å². The molecule has 0 atom stereocenters. The summed E-state index contributed by atoms with van der Waals surface area (Å²) in [6.07, 6.45) is 4.99. The van der Waals surface area contributed by atoms with E-state index >= 15 is 0 Å². The number of aryl methyl sites for hydroxylation is 1. The van der Waals surface area contributed by atoms with Gasteiger partial charge in [0.1, 0.15) is 11.6 Å². The molecule has 24 heavy (non-hydrogen) atoms. The molecule has 0 fully saturated rings. The molecule has 4 heteroatoms. The lowest BCUT2D eigenvalue weighted by atomic mass is 10.0. The number of hydrogen-bond donors (Lipinski definition) is 0. The number of benzene rings is 2. The lowest BCUT2D eigenvalue weighted by Crippen LogP contribution is -2.02. The number of rotatable bonds is 4. The summed E-state index contributed by atoms with van der Waals surface area (Å²) in [5.41, 5.74) is 3.21. The Morgan fingerprint density at radius 3 is 2.67 bits per heavy atom. The van der Waals surface area contributed by atoms with Crippen molar-refractivity contribution < 1.29 is 4.79 Å². The van der Waals surface area contributed by atoms with Crippen molar-refractivity contribution >= 4 is 11.9 Å². The van der Waals surface area contributed by atoms with Crippen LogP contribution in [0.5, 0.6) is 0 Å². The number of aromatic nitrogens is 2. The Hall–Kier alpha value is -3.45. The maximum atomic E-state index is 12.5. The van der Waals surface area contributed by atoms with E-state index in [-0.39, 0.29) is 11.4 Å². The van der Waals surface area contributed by atoms with Crippen molar-refractivity contribution in [3.8, 4) is 11.8 Å². The van der Waals surface area contributed by atoms with Crippen molar-refractivity contribution in [2.45, 2.75) is 6.92 Å². The molecule has 0 unspecified atom stereocenters. The first kappa shape index (κ1) is 15.4. The van der Waals surface area contributed by atoms with Gasteiger partial charge in [0.05, 0.1) is 11.9 Å². The number of nitriles is 1. The molecule has 0 aliphatic heterocycles. The molecule has 1 aromatic heterocycles. The minimum atomic E-state index is -0.284. The summed E-state index contributed by atoms with van der Waals surface area (Å²) < 4.78 is 1.71. The topological polar surface area (TPSA) is 58.7 Å². The van der Waals surface area contributed by atoms with Crippen molar-refractivity contribution in [3.63, 3.8) is 0 Å². The molecule has 4 nitrogen and oxygen atoms in total. The Labute approximate surface area is 140 Å². The van der Waals surface area contributed by atoms with Gasteiger partial charge >= 0.3 is 0 Å². The second-order valence-corrected chi connectivity index (χ2v) is 5.42. The molecular weight excluding hydrogens is 298 g/mol. The van der Waals surface area contributed by atoms with Gasteiger partial charge < -0.3 is 0 Å². The average molecular weight is 313 g/mol. The molecular formula is C20H15N3O. The van der Waals surface area contributed by atoms with Crippen molar-refractivity contribution in [1.29, 1.82) is 5.26 Å². The fraction of sp³-hybridized carbons (Fsp3) is 0.0500. The van der Waals surface area contributed by atoms with E-state index in [0.717, 1.165) is 11.3 Å². The Morgan fingerprint density at radius 1 is 1.17 bits per heavy atom. The van der Waals surface area contributed by atoms with E-state index in [2.05, 4.69) is 5.10 Å². The van der Waals surface area contributed by atoms with E-state index in [0.29, 0.717) is 11.1 Å². The van der Waals surface area contributed by atoms with Gasteiger partial charge in [0, 0.05) is 17.3 Å². The fourth-order valence-electron chi connectivity index (χ4n) is 2.39. The minimum absolute atomic E-state index is 0.0909. The van der Waals surface area contributed by atoms with Crippen molar-refractivity contribution in [1.82, 2.24) is 9.78 Å². The Bertz CT molecular complexity index is 946. The molecule has 3 aromatic rings. The van der Waals surface area contributed by atoms with E-state index in [9.17, 15) is 10.1 Å². The Balaban J connectivity index is 1.90. The van der Waals surface area contributed by atoms with Crippen LogP contribution in [-0.2, 0) is 0 Å². The highest BCUT2D eigenvalue weighted by molar-refractivity contribution is 6.14. The summed E-state index contributed by atoms with van der Waals surface area (Å²) in [7, 11) is 0. The maximum absolute atomic E-state index is 12.5. The first-order chi connectivity index (χ1) is 11.7. The van der Waals surface area contributed by atoms with Gasteiger partial charge in [0.2, 0.25) is 5.78 Å². The molecule has 0 saturated carbocycles. The molecule has 0 bridgehead atoms. The zero-order valence-corrected chi connectivity index (χ0v) is 13.2. The van der Waals surface area contributed by atoms with Crippen LogP contribution in [0.4, 0.5) is 0 Å². The molecule has 0 radical (unpaired) electrons. The molecule has 1 heterocycles. The lowest BCUT2D eigenvalue weighted by Gasteiger charge is -2.00. The first-order valence-corrected chi connectivity index (χ1v) is 7.50. The highest BCUT2D eigenvalue weighted by Crippen LogP contribution is 2.15. The normalized spacial score (nSPS) is 11.1. The highest BCUT2D eigenvalue weighted by Gasteiger charge is 2.12. The fourth-order valence-corrected chi connectivity index (χ4v) is 2.39. The third-order valence-electron chi connectivity index (χ3n) is 3.58. The summed E-state index contributed by atoms with van der Waals surface area (Å²) in [4.78, 5) is 12.5. The molecule has 0 N–H and O–H groups in total. The molecule has 0 saturated heterocycles.